The molecule has 0 radical (unpaired) electrons. The van der Waals surface area contributed by atoms with Crippen LogP contribution in [0.25, 0.3) is 0 Å². The van der Waals surface area contributed by atoms with E-state index in [1.165, 1.54) is 17.3 Å². The third kappa shape index (κ3) is 4.74. The molecule has 1 aromatic heterocycles. The van der Waals surface area contributed by atoms with Crippen LogP contribution < -0.4 is 4.74 Å². The van der Waals surface area contributed by atoms with Gasteiger partial charge in [-0.3, -0.25) is 0 Å². The van der Waals surface area contributed by atoms with Gasteiger partial charge in [-0.2, -0.15) is 4.98 Å². The molecule has 0 saturated carbocycles. The Bertz CT molecular complexity index is 693. The molecule has 2 aromatic carbocycles. The van der Waals surface area contributed by atoms with Crippen molar-refractivity contribution in [1.29, 1.82) is 0 Å². The van der Waals surface area contributed by atoms with E-state index in [1.54, 1.807) is 0 Å². The number of benzene rings is 2. The van der Waals surface area contributed by atoms with Crippen molar-refractivity contribution in [3.05, 3.63) is 70.5 Å². The summed E-state index contributed by atoms with van der Waals surface area (Å²) in [5.41, 5.74) is 2.34. The Balaban J connectivity index is 1.51. The lowest BCUT2D eigenvalue weighted by Gasteiger charge is -2.02. The molecule has 0 unspecified atom stereocenters. The number of hydrogen-bond acceptors (Lipinski definition) is 5. The minimum absolute atomic E-state index is 0.286. The summed E-state index contributed by atoms with van der Waals surface area (Å²) < 4.78 is 10.8. The molecule has 4 nitrogen and oxygen atoms in total. The molecular weight excluding hydrogens is 332 g/mol. The standard InChI is InChI=1S/C17H15ClN2O2S/c1-12-2-8-15(9-3-12)21-10-16-19-17(22-20-16)23-11-13-4-6-14(18)7-5-13/h2-9H,10-11H2,1H3. The summed E-state index contributed by atoms with van der Waals surface area (Å²) in [5.74, 6) is 2.07. The molecule has 0 N–H and O–H groups in total. The molecule has 118 valence electrons. The summed E-state index contributed by atoms with van der Waals surface area (Å²) in [7, 11) is 0. The van der Waals surface area contributed by atoms with E-state index >= 15 is 0 Å². The van der Waals surface area contributed by atoms with E-state index in [0.29, 0.717) is 11.0 Å². The van der Waals surface area contributed by atoms with Crippen LogP contribution in [-0.4, -0.2) is 10.1 Å². The summed E-state index contributed by atoms with van der Waals surface area (Å²) in [6.45, 7) is 2.32. The molecule has 6 heteroatoms. The number of thioether (sulfide) groups is 1. The fraction of sp³-hybridized carbons (Fsp3) is 0.176. The van der Waals surface area contributed by atoms with Gasteiger partial charge in [-0.25, -0.2) is 0 Å². The van der Waals surface area contributed by atoms with E-state index in [-0.39, 0.29) is 6.61 Å². The van der Waals surface area contributed by atoms with Gasteiger partial charge >= 0.3 is 0 Å². The fourth-order valence-corrected chi connectivity index (χ4v) is 2.73. The van der Waals surface area contributed by atoms with Crippen molar-refractivity contribution >= 4 is 23.4 Å². The maximum absolute atomic E-state index is 5.86. The normalized spacial score (nSPS) is 10.7. The van der Waals surface area contributed by atoms with Crippen LogP contribution in [0.1, 0.15) is 17.0 Å². The van der Waals surface area contributed by atoms with E-state index < -0.39 is 0 Å². The summed E-state index contributed by atoms with van der Waals surface area (Å²) in [4.78, 5) is 4.31. The first-order valence-electron chi connectivity index (χ1n) is 7.08. The van der Waals surface area contributed by atoms with Gasteiger partial charge in [-0.1, -0.05) is 58.3 Å². The Hall–Kier alpha value is -1.98. The molecule has 0 aliphatic rings. The van der Waals surface area contributed by atoms with Crippen LogP contribution in [0.15, 0.2) is 58.3 Å². The number of aryl methyl sites for hydroxylation is 1. The summed E-state index contributed by atoms with van der Waals surface area (Å²) >= 11 is 7.35. The van der Waals surface area contributed by atoms with E-state index in [0.717, 1.165) is 22.1 Å². The molecule has 0 amide bonds. The first-order chi connectivity index (χ1) is 11.2. The zero-order chi connectivity index (χ0) is 16.1. The van der Waals surface area contributed by atoms with Gasteiger partial charge in [-0.15, -0.1) is 0 Å². The third-order valence-corrected chi connectivity index (χ3v) is 4.26. The van der Waals surface area contributed by atoms with Gasteiger partial charge < -0.3 is 9.26 Å². The van der Waals surface area contributed by atoms with Gasteiger partial charge in [0.15, 0.2) is 6.61 Å². The van der Waals surface area contributed by atoms with Crippen molar-refractivity contribution < 1.29 is 9.26 Å². The summed E-state index contributed by atoms with van der Waals surface area (Å²) in [6.07, 6.45) is 0. The van der Waals surface area contributed by atoms with Crippen LogP contribution in [0.2, 0.25) is 5.02 Å². The largest absolute Gasteiger partial charge is 0.485 e. The lowest BCUT2D eigenvalue weighted by molar-refractivity contribution is 0.281. The van der Waals surface area contributed by atoms with Crippen LogP contribution in [0, 0.1) is 6.92 Å². The van der Waals surface area contributed by atoms with Gasteiger partial charge in [0.2, 0.25) is 5.82 Å². The predicted octanol–water partition coefficient (Wildman–Crippen LogP) is 4.90. The van der Waals surface area contributed by atoms with Gasteiger partial charge in [0.25, 0.3) is 5.22 Å². The van der Waals surface area contributed by atoms with E-state index in [9.17, 15) is 0 Å². The van der Waals surface area contributed by atoms with Gasteiger partial charge in [-0.05, 0) is 36.8 Å². The lowest BCUT2D eigenvalue weighted by atomic mass is 10.2. The van der Waals surface area contributed by atoms with Crippen molar-refractivity contribution in [3.8, 4) is 5.75 Å². The minimum atomic E-state index is 0.286. The smallest absolute Gasteiger partial charge is 0.286 e. The highest BCUT2D eigenvalue weighted by atomic mass is 35.5. The van der Waals surface area contributed by atoms with Gasteiger partial charge in [0.05, 0.1) is 0 Å². The SMILES string of the molecule is Cc1ccc(OCc2noc(SCc3ccc(Cl)cc3)n2)cc1. The van der Waals surface area contributed by atoms with E-state index in [4.69, 9.17) is 20.9 Å². The predicted molar refractivity (Wildman–Crippen MR) is 90.8 cm³/mol. The monoisotopic (exact) mass is 346 g/mol. The first-order valence-corrected chi connectivity index (χ1v) is 8.45. The highest BCUT2D eigenvalue weighted by Crippen LogP contribution is 2.22. The Kier molecular flexibility index (Phi) is 5.20. The van der Waals surface area contributed by atoms with Gasteiger partial charge in [0, 0.05) is 10.8 Å². The maximum Gasteiger partial charge on any atom is 0.286 e. The van der Waals surface area contributed by atoms with Crippen molar-refractivity contribution in [2.24, 2.45) is 0 Å². The Morgan fingerprint density at radius 2 is 1.83 bits per heavy atom. The second-order valence-electron chi connectivity index (χ2n) is 4.99. The average Bonchev–Trinajstić information content (AvgIpc) is 3.02. The number of rotatable bonds is 6. The molecular formula is C17H15ClN2O2S. The summed E-state index contributed by atoms with van der Waals surface area (Å²) in [6, 6.07) is 15.5. The van der Waals surface area contributed by atoms with Crippen molar-refractivity contribution in [3.63, 3.8) is 0 Å². The van der Waals surface area contributed by atoms with Crippen molar-refractivity contribution in [1.82, 2.24) is 10.1 Å². The Morgan fingerprint density at radius 1 is 1.09 bits per heavy atom. The molecule has 1 heterocycles. The molecule has 3 rings (SSSR count). The molecule has 0 atom stereocenters. The maximum atomic E-state index is 5.86. The van der Waals surface area contributed by atoms with E-state index in [1.807, 2.05) is 55.5 Å². The number of aromatic nitrogens is 2. The van der Waals surface area contributed by atoms with Crippen LogP contribution in [-0.2, 0) is 12.4 Å². The molecule has 0 spiro atoms. The zero-order valence-electron chi connectivity index (χ0n) is 12.5. The Labute approximate surface area is 143 Å². The molecule has 0 saturated heterocycles. The molecule has 0 aliphatic carbocycles. The summed E-state index contributed by atoms with van der Waals surface area (Å²) in [5, 5.41) is 5.18. The van der Waals surface area contributed by atoms with Crippen LogP contribution in [0.5, 0.6) is 5.75 Å². The molecule has 0 aliphatic heterocycles. The van der Waals surface area contributed by atoms with Crippen LogP contribution in [0.4, 0.5) is 0 Å². The fourth-order valence-electron chi connectivity index (χ4n) is 1.86. The highest BCUT2D eigenvalue weighted by molar-refractivity contribution is 7.98. The van der Waals surface area contributed by atoms with Crippen molar-refractivity contribution in [2.45, 2.75) is 24.5 Å². The topological polar surface area (TPSA) is 48.2 Å². The van der Waals surface area contributed by atoms with Gasteiger partial charge in [0.1, 0.15) is 5.75 Å². The number of halogens is 1. The van der Waals surface area contributed by atoms with Crippen LogP contribution >= 0.6 is 23.4 Å². The number of hydrogen-bond donors (Lipinski definition) is 0. The molecule has 0 fully saturated rings. The molecule has 0 bridgehead atoms. The third-order valence-electron chi connectivity index (χ3n) is 3.11. The lowest BCUT2D eigenvalue weighted by Crippen LogP contribution is -1.97. The van der Waals surface area contributed by atoms with Crippen LogP contribution in [0.3, 0.4) is 0 Å². The molecule has 3 aromatic rings. The molecule has 23 heavy (non-hydrogen) atoms. The second kappa shape index (κ2) is 7.53. The van der Waals surface area contributed by atoms with Crippen molar-refractivity contribution in [2.75, 3.05) is 0 Å². The first kappa shape index (κ1) is 15.9. The number of nitrogens with zero attached hydrogens (tertiary/aromatic N) is 2. The number of ether oxygens (including phenoxy) is 1. The average molecular weight is 347 g/mol. The zero-order valence-corrected chi connectivity index (χ0v) is 14.1. The van der Waals surface area contributed by atoms with E-state index in [2.05, 4.69) is 10.1 Å². The highest BCUT2D eigenvalue weighted by Gasteiger charge is 2.08. The minimum Gasteiger partial charge on any atom is -0.485 e. The Morgan fingerprint density at radius 3 is 2.57 bits per heavy atom. The quantitative estimate of drug-likeness (QED) is 0.594. The second-order valence-corrected chi connectivity index (χ2v) is 6.36.